The predicted octanol–water partition coefficient (Wildman–Crippen LogP) is -0.588. The summed E-state index contributed by atoms with van der Waals surface area (Å²) in [6.45, 7) is 8.78. The van der Waals surface area contributed by atoms with Crippen molar-refractivity contribution < 1.29 is 59.9 Å². The van der Waals surface area contributed by atoms with Crippen molar-refractivity contribution >= 4 is 6.16 Å². The number of rotatable bonds is 7. The molecule has 0 aromatic rings. The first kappa shape index (κ1) is 23.1. The second kappa shape index (κ2) is 9.56. The van der Waals surface area contributed by atoms with Gasteiger partial charge < -0.3 is 25.6 Å². The minimum atomic E-state index is -1.32. The van der Waals surface area contributed by atoms with E-state index in [1.165, 1.54) is 7.11 Å². The molecule has 1 heterocycles. The monoisotopic (exact) mass is 343 g/mol. The van der Waals surface area contributed by atoms with Crippen LogP contribution in [0.2, 0.25) is 0 Å². The smallest absolute Gasteiger partial charge is 1.00 e. The molecule has 0 saturated carbocycles. The second-order valence-electron chi connectivity index (χ2n) is 6.93. The molecule has 1 rings (SSSR count). The van der Waals surface area contributed by atoms with Crippen molar-refractivity contribution in [1.29, 1.82) is 0 Å². The molecule has 0 spiro atoms. The number of hydroxylamine groups is 2. The molecular formula is C15H30NNaO6. The Morgan fingerprint density at radius 3 is 2.13 bits per heavy atom. The Morgan fingerprint density at radius 2 is 1.74 bits per heavy atom. The quantitative estimate of drug-likeness (QED) is 0.489. The van der Waals surface area contributed by atoms with E-state index in [9.17, 15) is 4.79 Å². The summed E-state index contributed by atoms with van der Waals surface area (Å²) in [5.41, 5.74) is -0.350. The molecule has 7 nitrogen and oxygen atoms in total. The molecule has 23 heavy (non-hydrogen) atoms. The number of carboxylic acid groups (broad SMARTS) is 1. The topological polar surface area (TPSA) is 77.5 Å². The van der Waals surface area contributed by atoms with Crippen LogP contribution in [0.5, 0.6) is 0 Å². The van der Waals surface area contributed by atoms with Crippen LogP contribution in [0.25, 0.3) is 0 Å². The van der Waals surface area contributed by atoms with Gasteiger partial charge in [0.25, 0.3) is 0 Å². The average molecular weight is 343 g/mol. The van der Waals surface area contributed by atoms with E-state index >= 15 is 0 Å². The van der Waals surface area contributed by atoms with E-state index in [1.54, 1.807) is 7.11 Å². The Bertz CT molecular complexity index is 365. The zero-order valence-electron chi connectivity index (χ0n) is 16.4. The summed E-state index contributed by atoms with van der Waals surface area (Å²) in [4.78, 5) is 16.2. The molecule has 1 fully saturated rings. The molecular weight excluding hydrogens is 313 g/mol. The molecule has 0 radical (unpaired) electrons. The van der Waals surface area contributed by atoms with Crippen LogP contribution in [-0.2, 0) is 19.0 Å². The van der Waals surface area contributed by atoms with Gasteiger partial charge in [0.05, 0.1) is 26.4 Å². The molecule has 1 aliphatic rings. The van der Waals surface area contributed by atoms with Gasteiger partial charge in [0.2, 0.25) is 0 Å². The van der Waals surface area contributed by atoms with Crippen LogP contribution in [0.15, 0.2) is 0 Å². The molecule has 0 amide bonds. The summed E-state index contributed by atoms with van der Waals surface area (Å²) < 4.78 is 15.6. The van der Waals surface area contributed by atoms with Gasteiger partial charge in [-0.15, -0.1) is 0 Å². The second-order valence-corrected chi connectivity index (χ2v) is 6.93. The van der Waals surface area contributed by atoms with Gasteiger partial charge in [0.1, 0.15) is 0 Å². The molecule has 0 aromatic heterocycles. The predicted molar refractivity (Wildman–Crippen MR) is 81.9 cm³/mol. The molecule has 1 saturated heterocycles. The molecule has 0 bridgehead atoms. The van der Waals surface area contributed by atoms with Crippen LogP contribution in [0.1, 0.15) is 42.0 Å². The normalized spacial score (nSPS) is 22.2. The first-order valence-electron chi connectivity index (χ1n) is 7.47. The average Bonchev–Trinajstić information content (AvgIpc) is 2.33. The molecule has 1 atom stereocenters. The van der Waals surface area contributed by atoms with Crippen molar-refractivity contribution in [3.63, 3.8) is 0 Å². The van der Waals surface area contributed by atoms with Crippen molar-refractivity contribution in [2.24, 2.45) is 0 Å². The molecule has 0 aliphatic carbocycles. The first-order chi connectivity index (χ1) is 10.1. The molecule has 1 aliphatic heterocycles. The Kier molecular flexibility index (Phi) is 9.60. The van der Waals surface area contributed by atoms with Crippen LogP contribution in [0.3, 0.4) is 0 Å². The number of methoxy groups -OCH3 is 1. The van der Waals surface area contributed by atoms with E-state index in [0.29, 0.717) is 0 Å². The van der Waals surface area contributed by atoms with Gasteiger partial charge in [-0.3, -0.25) is 0 Å². The minimum Gasteiger partial charge on any atom is -1.00 e. The molecule has 1 unspecified atom stereocenters. The number of hydrogen-bond donors (Lipinski definition) is 1. The molecule has 0 aromatic carbocycles. The molecule has 132 valence electrons. The van der Waals surface area contributed by atoms with Gasteiger partial charge in [-0.1, -0.05) is 0 Å². The Morgan fingerprint density at radius 1 is 1.22 bits per heavy atom. The van der Waals surface area contributed by atoms with Gasteiger partial charge >= 0.3 is 35.7 Å². The summed E-state index contributed by atoms with van der Waals surface area (Å²) in [5.74, 6) is 0. The third-order valence-electron chi connectivity index (χ3n) is 3.87. The van der Waals surface area contributed by atoms with Crippen molar-refractivity contribution in [3.05, 3.63) is 0 Å². The summed E-state index contributed by atoms with van der Waals surface area (Å²) in [5, 5.41) is 10.7. The standard InChI is InChI=1S/C15H29NO6.Na.H/c1-14(2)7-11(8-15(3,4)16(14)20-6)21-10-12(9-19-5)22-13(17)18;;/h11-12H,7-10H2,1-6H3,(H,17,18);;/q;+1;-1. The van der Waals surface area contributed by atoms with Crippen LogP contribution in [0.4, 0.5) is 4.79 Å². The SMILES string of the molecule is COCC(COC1CC(C)(C)N(OC)C(C)(C)C1)OC(=O)O.[H-].[Na+]. The van der Waals surface area contributed by atoms with E-state index in [4.69, 9.17) is 24.2 Å². The zero-order valence-corrected chi connectivity index (χ0v) is 17.4. The number of carbonyl (C=O) groups is 1. The first-order valence-corrected chi connectivity index (χ1v) is 7.47. The molecule has 8 heteroatoms. The van der Waals surface area contributed by atoms with Gasteiger partial charge in [-0.2, -0.15) is 5.06 Å². The van der Waals surface area contributed by atoms with Gasteiger partial charge in [0.15, 0.2) is 6.10 Å². The van der Waals surface area contributed by atoms with Crippen molar-refractivity contribution in [2.45, 2.75) is 63.8 Å². The number of hydrogen-bond acceptors (Lipinski definition) is 6. The van der Waals surface area contributed by atoms with Gasteiger partial charge in [-0.25, -0.2) is 4.79 Å². The van der Waals surface area contributed by atoms with Gasteiger partial charge in [0, 0.05) is 18.2 Å². The van der Waals surface area contributed by atoms with Gasteiger partial charge in [-0.05, 0) is 40.5 Å². The van der Waals surface area contributed by atoms with E-state index in [2.05, 4.69) is 27.7 Å². The number of piperidine rings is 1. The van der Waals surface area contributed by atoms with E-state index in [1.807, 2.05) is 5.06 Å². The summed E-state index contributed by atoms with van der Waals surface area (Å²) >= 11 is 0. The minimum absolute atomic E-state index is 0. The zero-order chi connectivity index (χ0) is 17.0. The van der Waals surface area contributed by atoms with Crippen LogP contribution >= 0.6 is 0 Å². The number of ether oxygens (including phenoxy) is 3. The maximum atomic E-state index is 10.7. The summed E-state index contributed by atoms with van der Waals surface area (Å²) in [6, 6.07) is 0. The third-order valence-corrected chi connectivity index (χ3v) is 3.87. The van der Waals surface area contributed by atoms with Crippen LogP contribution in [-0.4, -0.2) is 67.0 Å². The van der Waals surface area contributed by atoms with Crippen LogP contribution in [0, 0.1) is 0 Å². The summed E-state index contributed by atoms with van der Waals surface area (Å²) in [6.07, 6.45) is -0.350. The Hall–Kier alpha value is 0.110. The van der Waals surface area contributed by atoms with E-state index in [-0.39, 0.29) is 61.4 Å². The van der Waals surface area contributed by atoms with E-state index < -0.39 is 12.3 Å². The van der Waals surface area contributed by atoms with E-state index in [0.717, 1.165) is 12.8 Å². The maximum Gasteiger partial charge on any atom is 1.00 e. The number of nitrogens with zero attached hydrogens (tertiary/aromatic N) is 1. The summed E-state index contributed by atoms with van der Waals surface area (Å²) in [7, 11) is 3.18. The third kappa shape index (κ3) is 6.86. The maximum absolute atomic E-state index is 10.7. The Labute approximate surface area is 162 Å². The fourth-order valence-electron chi connectivity index (χ4n) is 3.47. The fourth-order valence-corrected chi connectivity index (χ4v) is 3.47. The molecule has 1 N–H and O–H groups in total. The van der Waals surface area contributed by atoms with Crippen molar-refractivity contribution in [1.82, 2.24) is 5.06 Å². The van der Waals surface area contributed by atoms with Crippen molar-refractivity contribution in [3.8, 4) is 0 Å². The fraction of sp³-hybridized carbons (Fsp3) is 0.933. The largest absolute Gasteiger partial charge is 1.00 e. The van der Waals surface area contributed by atoms with Crippen LogP contribution < -0.4 is 29.6 Å². The van der Waals surface area contributed by atoms with Crippen molar-refractivity contribution in [2.75, 3.05) is 27.4 Å². The Balaban J connectivity index is 0.